The van der Waals surface area contributed by atoms with E-state index in [2.05, 4.69) is 28.8 Å². The van der Waals surface area contributed by atoms with E-state index in [1.165, 1.54) is 11.6 Å². The van der Waals surface area contributed by atoms with Crippen molar-refractivity contribution in [2.24, 2.45) is 5.92 Å². The number of benzene rings is 2. The van der Waals surface area contributed by atoms with Crippen LogP contribution < -0.4 is 14.2 Å². The quantitative estimate of drug-likeness (QED) is 0.649. The molecule has 1 saturated carbocycles. The smallest absolute Gasteiger partial charge is 0.240 e. The number of hydrogen-bond donors (Lipinski definition) is 1. The molecule has 6 nitrogen and oxygen atoms in total. The zero-order valence-corrected chi connectivity index (χ0v) is 20.4. The summed E-state index contributed by atoms with van der Waals surface area (Å²) in [4.78, 5) is 2.63. The lowest BCUT2D eigenvalue weighted by atomic mass is 9.63. The Morgan fingerprint density at radius 3 is 2.62 bits per heavy atom. The monoisotopic (exact) mass is 478 g/mol. The van der Waals surface area contributed by atoms with Crippen molar-refractivity contribution in [1.82, 2.24) is 9.62 Å². The van der Waals surface area contributed by atoms with Gasteiger partial charge in [-0.2, -0.15) is 0 Å². The van der Waals surface area contributed by atoms with Crippen LogP contribution in [0.15, 0.2) is 47.4 Å². The Hall–Kier alpha value is -1.80. The minimum Gasteiger partial charge on any atom is -0.493 e. The van der Waals surface area contributed by atoms with Gasteiger partial charge in [-0.15, -0.1) is 0 Å². The maximum Gasteiger partial charge on any atom is 0.240 e. The summed E-state index contributed by atoms with van der Waals surface area (Å²) in [6, 6.07) is 13.0. The van der Waals surface area contributed by atoms with E-state index in [9.17, 15) is 8.42 Å². The molecule has 2 aliphatic rings. The highest BCUT2D eigenvalue weighted by Crippen LogP contribution is 2.51. The third kappa shape index (κ3) is 4.36. The molecule has 174 valence electrons. The van der Waals surface area contributed by atoms with Crippen LogP contribution in [-0.2, 0) is 15.4 Å². The maximum atomic E-state index is 12.7. The molecule has 1 heterocycles. The van der Waals surface area contributed by atoms with Gasteiger partial charge in [0.05, 0.1) is 19.1 Å². The van der Waals surface area contributed by atoms with Crippen molar-refractivity contribution in [3.05, 3.63) is 53.1 Å². The number of fused-ring (bicyclic) bond motifs is 1. The number of halogens is 1. The summed E-state index contributed by atoms with van der Waals surface area (Å²) in [5, 5.41) is 0.415. The van der Waals surface area contributed by atoms with Crippen LogP contribution in [0.5, 0.6) is 11.5 Å². The van der Waals surface area contributed by atoms with Gasteiger partial charge in [0.15, 0.2) is 11.5 Å². The average Bonchev–Trinajstić information content (AvgIpc) is 3.14. The zero-order chi connectivity index (χ0) is 22.9. The molecule has 0 radical (unpaired) electrons. The number of methoxy groups -OCH3 is 2. The standard InChI is InChI=1S/C24H31ClN2O4S/c1-27-12-11-24(18-7-8-21(30-2)22(14-18)31-3)10-9-17(13-23(24)27)16-26-32(28,29)20-6-4-5-19(25)15-20/h4-8,14-15,17,23,26H,9-13,16H2,1-3H3/t17-,23+,24+/m1/s1. The first-order valence-corrected chi connectivity index (χ1v) is 12.8. The summed E-state index contributed by atoms with van der Waals surface area (Å²) >= 11 is 5.98. The van der Waals surface area contributed by atoms with Crippen LogP contribution in [-0.4, -0.2) is 53.7 Å². The summed E-state index contributed by atoms with van der Waals surface area (Å²) in [5.74, 6) is 1.77. The van der Waals surface area contributed by atoms with Crippen molar-refractivity contribution in [1.29, 1.82) is 0 Å². The highest BCUT2D eigenvalue weighted by atomic mass is 35.5. The summed E-state index contributed by atoms with van der Waals surface area (Å²) in [5.41, 5.74) is 1.33. The number of sulfonamides is 1. The predicted octanol–water partition coefficient (Wildman–Crippen LogP) is 4.08. The van der Waals surface area contributed by atoms with E-state index in [0.29, 0.717) is 17.6 Å². The van der Waals surface area contributed by atoms with Crippen LogP contribution >= 0.6 is 11.6 Å². The molecule has 3 atom stereocenters. The van der Waals surface area contributed by atoms with Gasteiger partial charge < -0.3 is 14.4 Å². The third-order valence-corrected chi connectivity index (χ3v) is 8.92. The van der Waals surface area contributed by atoms with Crippen LogP contribution in [0, 0.1) is 5.92 Å². The van der Waals surface area contributed by atoms with Gasteiger partial charge >= 0.3 is 0 Å². The fourth-order valence-corrected chi connectivity index (χ4v) is 6.89. The molecule has 0 unspecified atom stereocenters. The number of likely N-dealkylation sites (N-methyl/N-ethyl adjacent to an activating group) is 1. The first kappa shape index (κ1) is 23.4. The second kappa shape index (κ2) is 9.21. The van der Waals surface area contributed by atoms with Crippen molar-refractivity contribution in [2.75, 3.05) is 34.4 Å². The Labute approximate surface area is 195 Å². The van der Waals surface area contributed by atoms with Gasteiger partial charge in [0, 0.05) is 23.0 Å². The summed E-state index contributed by atoms with van der Waals surface area (Å²) in [6.45, 7) is 1.46. The topological polar surface area (TPSA) is 67.9 Å². The van der Waals surface area contributed by atoms with Crippen LogP contribution in [0.4, 0.5) is 0 Å². The van der Waals surface area contributed by atoms with E-state index in [-0.39, 0.29) is 16.2 Å². The fraction of sp³-hybridized carbons (Fsp3) is 0.500. The van der Waals surface area contributed by atoms with Gasteiger partial charge in [0.1, 0.15) is 0 Å². The van der Waals surface area contributed by atoms with Crippen LogP contribution in [0.2, 0.25) is 5.02 Å². The number of nitrogens with zero attached hydrogens (tertiary/aromatic N) is 1. The van der Waals surface area contributed by atoms with Crippen molar-refractivity contribution >= 4 is 21.6 Å². The minimum absolute atomic E-state index is 0.0522. The van der Waals surface area contributed by atoms with E-state index in [1.807, 2.05) is 6.07 Å². The second-order valence-corrected chi connectivity index (χ2v) is 11.1. The molecule has 1 N–H and O–H groups in total. The average molecular weight is 479 g/mol. The molecular weight excluding hydrogens is 448 g/mol. The number of likely N-dealkylation sites (tertiary alicyclic amines) is 1. The first-order chi connectivity index (χ1) is 15.3. The summed E-state index contributed by atoms with van der Waals surface area (Å²) in [7, 11) is 1.91. The molecule has 0 amide bonds. The lowest BCUT2D eigenvalue weighted by molar-refractivity contribution is 0.142. The molecule has 1 saturated heterocycles. The lowest BCUT2D eigenvalue weighted by Crippen LogP contribution is -2.47. The molecule has 8 heteroatoms. The highest BCUT2D eigenvalue weighted by Gasteiger charge is 2.50. The van der Waals surface area contributed by atoms with Crippen LogP contribution in [0.3, 0.4) is 0 Å². The van der Waals surface area contributed by atoms with Crippen molar-refractivity contribution in [3.8, 4) is 11.5 Å². The van der Waals surface area contributed by atoms with E-state index in [4.69, 9.17) is 21.1 Å². The normalized spacial score (nSPS) is 26.0. The van der Waals surface area contributed by atoms with Gasteiger partial charge in [-0.1, -0.05) is 23.7 Å². The fourth-order valence-electron chi connectivity index (χ4n) is 5.47. The maximum absolute atomic E-state index is 12.7. The number of nitrogens with one attached hydrogen (secondary N) is 1. The predicted molar refractivity (Wildman–Crippen MR) is 126 cm³/mol. The Balaban J connectivity index is 1.50. The molecule has 0 bridgehead atoms. The van der Waals surface area contributed by atoms with E-state index >= 15 is 0 Å². The molecular formula is C24H31ClN2O4S. The van der Waals surface area contributed by atoms with Crippen LogP contribution in [0.1, 0.15) is 31.2 Å². The first-order valence-electron chi connectivity index (χ1n) is 11.0. The molecule has 2 aromatic carbocycles. The number of ether oxygens (including phenoxy) is 2. The van der Waals surface area contributed by atoms with Gasteiger partial charge in [-0.3, -0.25) is 0 Å². The molecule has 1 aliphatic heterocycles. The van der Waals surface area contributed by atoms with E-state index in [1.54, 1.807) is 32.4 Å². The molecule has 32 heavy (non-hydrogen) atoms. The Kier molecular flexibility index (Phi) is 6.73. The van der Waals surface area contributed by atoms with Gasteiger partial charge in [-0.05, 0) is 81.1 Å². The van der Waals surface area contributed by atoms with Crippen molar-refractivity contribution < 1.29 is 17.9 Å². The van der Waals surface area contributed by atoms with E-state index < -0.39 is 10.0 Å². The van der Waals surface area contributed by atoms with E-state index in [0.717, 1.165) is 43.7 Å². The van der Waals surface area contributed by atoms with Gasteiger partial charge in [-0.25, -0.2) is 13.1 Å². The van der Waals surface area contributed by atoms with Gasteiger partial charge in [0.2, 0.25) is 10.0 Å². The zero-order valence-electron chi connectivity index (χ0n) is 18.8. The highest BCUT2D eigenvalue weighted by molar-refractivity contribution is 7.89. The van der Waals surface area contributed by atoms with Crippen molar-refractivity contribution in [3.63, 3.8) is 0 Å². The second-order valence-electron chi connectivity index (χ2n) is 8.92. The Morgan fingerprint density at radius 1 is 1.12 bits per heavy atom. The molecule has 2 aromatic rings. The third-order valence-electron chi connectivity index (χ3n) is 7.26. The van der Waals surface area contributed by atoms with Crippen molar-refractivity contribution in [2.45, 2.75) is 42.0 Å². The Bertz CT molecular complexity index is 1080. The minimum atomic E-state index is -3.58. The van der Waals surface area contributed by atoms with Gasteiger partial charge in [0.25, 0.3) is 0 Å². The Morgan fingerprint density at radius 2 is 1.91 bits per heavy atom. The number of hydrogen-bond acceptors (Lipinski definition) is 5. The summed E-state index contributed by atoms with van der Waals surface area (Å²) in [6.07, 6.45) is 4.02. The molecule has 0 aromatic heterocycles. The SMILES string of the molecule is COc1ccc([C@@]23CC[C@@H](CNS(=O)(=O)c4cccc(Cl)c4)C[C@@H]2N(C)CC3)cc1OC. The largest absolute Gasteiger partial charge is 0.493 e. The van der Waals surface area contributed by atoms with Crippen LogP contribution in [0.25, 0.3) is 0 Å². The molecule has 4 rings (SSSR count). The molecule has 0 spiro atoms. The molecule has 1 aliphatic carbocycles. The lowest BCUT2D eigenvalue weighted by Gasteiger charge is -2.45. The number of rotatable bonds is 7. The molecule has 2 fully saturated rings. The summed E-state index contributed by atoms with van der Waals surface area (Å²) < 4.78 is 39.3.